The molecule has 7 heteroatoms. The van der Waals surface area contributed by atoms with E-state index in [1.165, 1.54) is 70.4 Å². The van der Waals surface area contributed by atoms with Gasteiger partial charge < -0.3 is 10.2 Å². The molecule has 3 nitrogen and oxygen atoms in total. The minimum Gasteiger partial charge on any atom is -0.369 e. The van der Waals surface area contributed by atoms with Gasteiger partial charge in [-0.2, -0.15) is 0 Å². The van der Waals surface area contributed by atoms with Crippen molar-refractivity contribution >= 4 is 54.5 Å². The fraction of sp³-hybridized carbons (Fsp3) is 0.684. The molecule has 0 amide bonds. The summed E-state index contributed by atoms with van der Waals surface area (Å²) in [5.74, 6) is 0. The number of nitrogens with zero attached hydrogens (tertiary/aromatic N) is 2. The molecule has 1 heterocycles. The van der Waals surface area contributed by atoms with E-state index in [9.17, 15) is 0 Å². The molecule has 1 aromatic carbocycles. The molecule has 152 valence electrons. The van der Waals surface area contributed by atoms with Crippen molar-refractivity contribution in [1.29, 1.82) is 0 Å². The van der Waals surface area contributed by atoms with Crippen LogP contribution in [0.1, 0.15) is 38.5 Å². The zero-order chi connectivity index (χ0) is 15.9. The molecular formula is C19H33Cl4N3. The van der Waals surface area contributed by atoms with Crippen LogP contribution >= 0.6 is 48.8 Å². The molecule has 0 atom stereocenters. The third-order valence-corrected chi connectivity index (χ3v) is 5.51. The van der Waals surface area contributed by atoms with Gasteiger partial charge in [-0.1, -0.05) is 30.9 Å². The van der Waals surface area contributed by atoms with Crippen LogP contribution in [-0.4, -0.2) is 50.2 Å². The molecular weight excluding hydrogens is 412 g/mol. The van der Waals surface area contributed by atoms with Crippen LogP contribution < -0.4 is 10.2 Å². The Morgan fingerprint density at radius 1 is 0.885 bits per heavy atom. The number of rotatable bonds is 6. The van der Waals surface area contributed by atoms with Crippen molar-refractivity contribution in [3.8, 4) is 0 Å². The lowest BCUT2D eigenvalue weighted by Gasteiger charge is -2.36. The first-order valence-electron chi connectivity index (χ1n) is 9.27. The highest BCUT2D eigenvalue weighted by atomic mass is 35.5. The van der Waals surface area contributed by atoms with Gasteiger partial charge in [-0.3, -0.25) is 4.90 Å². The van der Waals surface area contributed by atoms with Gasteiger partial charge in [0.2, 0.25) is 0 Å². The van der Waals surface area contributed by atoms with E-state index in [1.54, 1.807) is 0 Å². The van der Waals surface area contributed by atoms with Gasteiger partial charge in [0.1, 0.15) is 0 Å². The monoisotopic (exact) mass is 443 g/mol. The number of benzene rings is 1. The van der Waals surface area contributed by atoms with Crippen LogP contribution in [-0.2, 0) is 0 Å². The van der Waals surface area contributed by atoms with Gasteiger partial charge in [0.15, 0.2) is 0 Å². The first-order valence-corrected chi connectivity index (χ1v) is 9.65. The van der Waals surface area contributed by atoms with Gasteiger partial charge in [0.25, 0.3) is 0 Å². The molecule has 1 N–H and O–H groups in total. The Bertz CT molecular complexity index is 458. The number of hydrogen-bond acceptors (Lipinski definition) is 3. The van der Waals surface area contributed by atoms with Crippen molar-refractivity contribution in [2.45, 2.75) is 44.6 Å². The highest BCUT2D eigenvalue weighted by molar-refractivity contribution is 6.30. The van der Waals surface area contributed by atoms with Gasteiger partial charge in [0, 0.05) is 42.9 Å². The smallest absolute Gasteiger partial charge is 0.0407 e. The molecule has 0 aromatic heterocycles. The van der Waals surface area contributed by atoms with Crippen LogP contribution in [0.2, 0.25) is 5.02 Å². The maximum absolute atomic E-state index is 5.97. The SMILES string of the molecule is Cl.Cl.Cl.Clc1ccc(N2CCN(CCCNC3CCCCC3)CC2)cc1. The summed E-state index contributed by atoms with van der Waals surface area (Å²) in [6.07, 6.45) is 8.34. The molecule has 0 unspecified atom stereocenters. The lowest BCUT2D eigenvalue weighted by atomic mass is 9.95. The van der Waals surface area contributed by atoms with E-state index >= 15 is 0 Å². The van der Waals surface area contributed by atoms with Gasteiger partial charge in [-0.15, -0.1) is 37.2 Å². The second-order valence-electron chi connectivity index (χ2n) is 6.95. The summed E-state index contributed by atoms with van der Waals surface area (Å²) >= 11 is 5.97. The van der Waals surface area contributed by atoms with Crippen LogP contribution in [0, 0.1) is 0 Å². The molecule has 0 radical (unpaired) electrons. The average Bonchev–Trinajstić information content (AvgIpc) is 2.61. The summed E-state index contributed by atoms with van der Waals surface area (Å²) in [5.41, 5.74) is 1.30. The summed E-state index contributed by atoms with van der Waals surface area (Å²) in [6, 6.07) is 9.03. The van der Waals surface area contributed by atoms with Crippen molar-refractivity contribution < 1.29 is 0 Å². The molecule has 26 heavy (non-hydrogen) atoms. The van der Waals surface area contributed by atoms with E-state index in [4.69, 9.17) is 11.6 Å². The van der Waals surface area contributed by atoms with Gasteiger partial charge >= 0.3 is 0 Å². The zero-order valence-electron chi connectivity index (χ0n) is 15.4. The highest BCUT2D eigenvalue weighted by Gasteiger charge is 2.17. The molecule has 1 aliphatic carbocycles. The van der Waals surface area contributed by atoms with Crippen molar-refractivity contribution in [2.24, 2.45) is 0 Å². The average molecular weight is 445 g/mol. The van der Waals surface area contributed by atoms with Crippen LogP contribution in [0.15, 0.2) is 24.3 Å². The number of halogens is 4. The molecule has 1 saturated carbocycles. The summed E-state index contributed by atoms with van der Waals surface area (Å²) in [7, 11) is 0. The third kappa shape index (κ3) is 8.41. The molecule has 2 aliphatic rings. The summed E-state index contributed by atoms with van der Waals surface area (Å²) in [6.45, 7) is 7.00. The number of piperazine rings is 1. The highest BCUT2D eigenvalue weighted by Crippen LogP contribution is 2.20. The van der Waals surface area contributed by atoms with Gasteiger partial charge in [0.05, 0.1) is 0 Å². The van der Waals surface area contributed by atoms with E-state index < -0.39 is 0 Å². The molecule has 0 spiro atoms. The first kappa shape index (κ1) is 26.1. The molecule has 1 aliphatic heterocycles. The quantitative estimate of drug-likeness (QED) is 0.620. The lowest BCUT2D eigenvalue weighted by molar-refractivity contribution is 0.250. The molecule has 1 saturated heterocycles. The Labute approximate surface area is 182 Å². The largest absolute Gasteiger partial charge is 0.369 e. The molecule has 3 rings (SSSR count). The fourth-order valence-electron chi connectivity index (χ4n) is 3.80. The van der Waals surface area contributed by atoms with Gasteiger partial charge in [-0.05, 0) is 56.6 Å². The van der Waals surface area contributed by atoms with E-state index in [0.29, 0.717) is 0 Å². The number of anilines is 1. The summed E-state index contributed by atoms with van der Waals surface area (Å²) < 4.78 is 0. The minimum atomic E-state index is 0. The topological polar surface area (TPSA) is 18.5 Å². The molecule has 2 fully saturated rings. The second-order valence-corrected chi connectivity index (χ2v) is 7.38. The maximum Gasteiger partial charge on any atom is 0.0407 e. The van der Waals surface area contributed by atoms with E-state index in [-0.39, 0.29) is 37.2 Å². The van der Waals surface area contributed by atoms with E-state index in [0.717, 1.165) is 24.2 Å². The van der Waals surface area contributed by atoms with Crippen molar-refractivity contribution in [3.63, 3.8) is 0 Å². The lowest BCUT2D eigenvalue weighted by Crippen LogP contribution is -2.47. The Morgan fingerprint density at radius 3 is 2.12 bits per heavy atom. The summed E-state index contributed by atoms with van der Waals surface area (Å²) in [4.78, 5) is 5.07. The van der Waals surface area contributed by atoms with Crippen LogP contribution in [0.4, 0.5) is 5.69 Å². The van der Waals surface area contributed by atoms with E-state index in [1.807, 2.05) is 12.1 Å². The standard InChI is InChI=1S/C19H30ClN3.3ClH/c20-17-7-9-19(10-8-17)23-15-13-22(14-16-23)12-4-11-21-18-5-2-1-3-6-18;;;/h7-10,18,21H,1-6,11-16H2;3*1H. The van der Waals surface area contributed by atoms with Crippen molar-refractivity contribution in [2.75, 3.05) is 44.2 Å². The van der Waals surface area contributed by atoms with Crippen LogP contribution in [0.5, 0.6) is 0 Å². The fourth-order valence-corrected chi connectivity index (χ4v) is 3.92. The van der Waals surface area contributed by atoms with Crippen molar-refractivity contribution in [1.82, 2.24) is 10.2 Å². The van der Waals surface area contributed by atoms with E-state index in [2.05, 4.69) is 27.2 Å². The normalized spacial score (nSPS) is 18.4. The van der Waals surface area contributed by atoms with Crippen LogP contribution in [0.25, 0.3) is 0 Å². The summed E-state index contributed by atoms with van der Waals surface area (Å²) in [5, 5.41) is 4.57. The Hall–Kier alpha value is 0.1000. The predicted octanol–water partition coefficient (Wildman–Crippen LogP) is 5.04. The van der Waals surface area contributed by atoms with Crippen molar-refractivity contribution in [3.05, 3.63) is 29.3 Å². The third-order valence-electron chi connectivity index (χ3n) is 5.25. The number of hydrogen-bond donors (Lipinski definition) is 1. The first-order chi connectivity index (χ1) is 11.3. The van der Waals surface area contributed by atoms with Crippen LogP contribution in [0.3, 0.4) is 0 Å². The maximum atomic E-state index is 5.97. The predicted molar refractivity (Wildman–Crippen MR) is 121 cm³/mol. The minimum absolute atomic E-state index is 0. The Balaban J connectivity index is 0.00000208. The Kier molecular flexibility index (Phi) is 14.2. The van der Waals surface area contributed by atoms with Gasteiger partial charge in [-0.25, -0.2) is 0 Å². The number of nitrogens with one attached hydrogen (secondary N) is 1. The zero-order valence-corrected chi connectivity index (χ0v) is 18.6. The Morgan fingerprint density at radius 2 is 1.50 bits per heavy atom. The molecule has 0 bridgehead atoms. The second kappa shape index (κ2) is 14.1. The molecule has 1 aromatic rings.